The molecule has 0 saturated carbocycles. The number of anilines is 1. The Morgan fingerprint density at radius 1 is 1.32 bits per heavy atom. The summed E-state index contributed by atoms with van der Waals surface area (Å²) in [4.78, 5) is 13.6. The van der Waals surface area contributed by atoms with Crippen molar-refractivity contribution in [3.05, 3.63) is 23.8 Å². The van der Waals surface area contributed by atoms with Gasteiger partial charge in [0.2, 0.25) is 5.91 Å². The van der Waals surface area contributed by atoms with Crippen LogP contribution >= 0.6 is 17.0 Å². The molecular weight excluding hydrogens is 344 g/mol. The zero-order valence-electron chi connectivity index (χ0n) is 13.6. The van der Waals surface area contributed by atoms with Crippen molar-refractivity contribution in [1.29, 1.82) is 0 Å². The molecular formula is C17H27BrN2O2. The number of phenolic OH excluding ortho intramolecular Hbond substituents is 1. The molecule has 2 N–H and O–H groups in total. The molecule has 1 aromatic rings. The third-order valence-electron chi connectivity index (χ3n) is 4.03. The molecule has 5 heteroatoms. The zero-order valence-corrected chi connectivity index (χ0v) is 15.3. The number of hydrogen-bond acceptors (Lipinski definition) is 3. The van der Waals surface area contributed by atoms with Crippen molar-refractivity contribution in [2.24, 2.45) is 11.8 Å². The van der Waals surface area contributed by atoms with E-state index in [1.165, 1.54) is 26.4 Å². The molecule has 1 saturated heterocycles. The van der Waals surface area contributed by atoms with Crippen molar-refractivity contribution < 1.29 is 9.90 Å². The predicted octanol–water partition coefficient (Wildman–Crippen LogP) is 3.45. The Bertz CT molecular complexity index is 497. The maximum Gasteiger partial charge on any atom is 0.221 e. The minimum atomic E-state index is -0.166. The lowest BCUT2D eigenvalue weighted by Gasteiger charge is -2.35. The highest BCUT2D eigenvalue weighted by atomic mass is 79.9. The van der Waals surface area contributed by atoms with Gasteiger partial charge in [0.05, 0.1) is 5.69 Å². The van der Waals surface area contributed by atoms with Crippen LogP contribution in [-0.2, 0) is 11.2 Å². The Morgan fingerprint density at radius 3 is 2.55 bits per heavy atom. The van der Waals surface area contributed by atoms with Gasteiger partial charge in [0.1, 0.15) is 5.75 Å². The van der Waals surface area contributed by atoms with Gasteiger partial charge in [-0.3, -0.25) is 4.79 Å². The van der Waals surface area contributed by atoms with Crippen molar-refractivity contribution in [3.8, 4) is 5.75 Å². The topological polar surface area (TPSA) is 52.6 Å². The van der Waals surface area contributed by atoms with Gasteiger partial charge in [-0.15, -0.1) is 17.0 Å². The number of nitrogens with one attached hydrogen (secondary N) is 1. The number of phenols is 1. The number of hydrogen-bond donors (Lipinski definition) is 2. The number of likely N-dealkylation sites (tertiary alicyclic amines) is 1. The van der Waals surface area contributed by atoms with Crippen LogP contribution in [0.5, 0.6) is 5.75 Å². The van der Waals surface area contributed by atoms with Crippen LogP contribution in [0.4, 0.5) is 5.69 Å². The molecule has 2 rings (SSSR count). The second kappa shape index (κ2) is 8.53. The van der Waals surface area contributed by atoms with Crippen molar-refractivity contribution in [2.75, 3.05) is 25.0 Å². The van der Waals surface area contributed by atoms with Crippen LogP contribution in [0.25, 0.3) is 0 Å². The summed E-state index contributed by atoms with van der Waals surface area (Å²) in [7, 11) is 0. The number of halogens is 1. The number of carbonyl (C=O) groups excluding carboxylic acids is 1. The van der Waals surface area contributed by atoms with Gasteiger partial charge in [0, 0.05) is 26.6 Å². The fourth-order valence-corrected chi connectivity index (χ4v) is 3.29. The number of rotatable bonds is 4. The van der Waals surface area contributed by atoms with Gasteiger partial charge >= 0.3 is 0 Å². The molecule has 2 unspecified atom stereocenters. The molecule has 1 heterocycles. The number of carbonyl (C=O) groups is 1. The van der Waals surface area contributed by atoms with Gasteiger partial charge in [0.15, 0.2) is 0 Å². The average Bonchev–Trinajstić information content (AvgIpc) is 2.38. The van der Waals surface area contributed by atoms with E-state index in [2.05, 4.69) is 24.1 Å². The molecule has 2 atom stereocenters. The molecule has 4 nitrogen and oxygen atoms in total. The van der Waals surface area contributed by atoms with E-state index in [-0.39, 0.29) is 28.6 Å². The van der Waals surface area contributed by atoms with Crippen LogP contribution in [-0.4, -0.2) is 35.5 Å². The molecule has 1 aliphatic heterocycles. The summed E-state index contributed by atoms with van der Waals surface area (Å²) < 4.78 is 0. The standard InChI is InChI=1S/C17H26N2O2.BrH/c1-12-8-13(2)11-19(10-12)7-6-15-4-5-17(21)16(9-15)18-14(3)20;/h4-5,9,12-13,21H,6-8,10-11H2,1-3H3,(H,18,20);1H. The predicted molar refractivity (Wildman–Crippen MR) is 95.8 cm³/mol. The summed E-state index contributed by atoms with van der Waals surface area (Å²) in [5.74, 6) is 1.49. The number of amides is 1. The molecule has 0 aromatic heterocycles. The summed E-state index contributed by atoms with van der Waals surface area (Å²) in [6, 6.07) is 5.45. The lowest BCUT2D eigenvalue weighted by Crippen LogP contribution is -2.39. The second-order valence-corrected chi connectivity index (χ2v) is 6.49. The molecule has 0 aliphatic carbocycles. The smallest absolute Gasteiger partial charge is 0.221 e. The largest absolute Gasteiger partial charge is 0.506 e. The quantitative estimate of drug-likeness (QED) is 0.798. The van der Waals surface area contributed by atoms with Crippen molar-refractivity contribution in [2.45, 2.75) is 33.6 Å². The third-order valence-corrected chi connectivity index (χ3v) is 4.03. The second-order valence-electron chi connectivity index (χ2n) is 6.49. The highest BCUT2D eigenvalue weighted by molar-refractivity contribution is 8.93. The zero-order chi connectivity index (χ0) is 15.4. The van der Waals surface area contributed by atoms with Crippen LogP contribution < -0.4 is 5.32 Å². The molecule has 1 amide bonds. The number of nitrogens with zero attached hydrogens (tertiary/aromatic N) is 1. The van der Waals surface area contributed by atoms with E-state index >= 15 is 0 Å². The van der Waals surface area contributed by atoms with E-state index in [9.17, 15) is 9.90 Å². The monoisotopic (exact) mass is 370 g/mol. The minimum absolute atomic E-state index is 0. The van der Waals surface area contributed by atoms with E-state index in [1.807, 2.05) is 12.1 Å². The normalized spacial score (nSPS) is 22.0. The lowest BCUT2D eigenvalue weighted by molar-refractivity contribution is -0.114. The first-order chi connectivity index (χ1) is 9.94. The molecule has 1 fully saturated rings. The summed E-state index contributed by atoms with van der Waals surface area (Å²) in [6.07, 6.45) is 2.26. The third kappa shape index (κ3) is 5.61. The Balaban J connectivity index is 0.00000242. The number of piperidine rings is 1. The van der Waals surface area contributed by atoms with E-state index < -0.39 is 0 Å². The maximum atomic E-state index is 11.1. The summed E-state index contributed by atoms with van der Waals surface area (Å²) in [6.45, 7) is 9.44. The van der Waals surface area contributed by atoms with E-state index in [1.54, 1.807) is 6.07 Å². The van der Waals surface area contributed by atoms with E-state index in [0.717, 1.165) is 30.4 Å². The summed E-state index contributed by atoms with van der Waals surface area (Å²) in [5.41, 5.74) is 1.64. The van der Waals surface area contributed by atoms with Crippen LogP contribution in [0.1, 0.15) is 32.8 Å². The first-order valence-corrected chi connectivity index (χ1v) is 7.76. The summed E-state index contributed by atoms with van der Waals surface area (Å²) in [5, 5.41) is 12.4. The van der Waals surface area contributed by atoms with Gasteiger partial charge in [-0.2, -0.15) is 0 Å². The van der Waals surface area contributed by atoms with Gasteiger partial charge in [0.25, 0.3) is 0 Å². The molecule has 0 bridgehead atoms. The van der Waals surface area contributed by atoms with E-state index in [4.69, 9.17) is 0 Å². The molecule has 0 radical (unpaired) electrons. The molecule has 1 aromatic carbocycles. The molecule has 22 heavy (non-hydrogen) atoms. The first kappa shape index (κ1) is 19.0. The highest BCUT2D eigenvalue weighted by Crippen LogP contribution is 2.25. The fourth-order valence-electron chi connectivity index (χ4n) is 3.29. The number of aromatic hydroxyl groups is 1. The fraction of sp³-hybridized carbons (Fsp3) is 0.588. The Hall–Kier alpha value is -1.07. The maximum absolute atomic E-state index is 11.1. The Kier molecular flexibility index (Phi) is 7.36. The van der Waals surface area contributed by atoms with Crippen molar-refractivity contribution in [1.82, 2.24) is 4.90 Å². The Labute approximate surface area is 143 Å². The SMILES string of the molecule is Br.CC(=O)Nc1cc(CCN2CC(C)CC(C)C2)ccc1O. The first-order valence-electron chi connectivity index (χ1n) is 7.76. The van der Waals surface area contributed by atoms with Gasteiger partial charge in [-0.05, 0) is 42.4 Å². The molecule has 1 aliphatic rings. The Morgan fingerprint density at radius 2 is 1.95 bits per heavy atom. The van der Waals surface area contributed by atoms with Gasteiger partial charge in [-0.25, -0.2) is 0 Å². The van der Waals surface area contributed by atoms with Gasteiger partial charge in [-0.1, -0.05) is 19.9 Å². The molecule has 0 spiro atoms. The van der Waals surface area contributed by atoms with Crippen LogP contribution in [0.2, 0.25) is 0 Å². The highest BCUT2D eigenvalue weighted by Gasteiger charge is 2.21. The minimum Gasteiger partial charge on any atom is -0.506 e. The average molecular weight is 371 g/mol. The lowest BCUT2D eigenvalue weighted by atomic mass is 9.91. The summed E-state index contributed by atoms with van der Waals surface area (Å²) >= 11 is 0. The van der Waals surface area contributed by atoms with Crippen LogP contribution in [0.15, 0.2) is 18.2 Å². The van der Waals surface area contributed by atoms with Crippen molar-refractivity contribution in [3.63, 3.8) is 0 Å². The van der Waals surface area contributed by atoms with E-state index in [0.29, 0.717) is 5.69 Å². The van der Waals surface area contributed by atoms with Crippen LogP contribution in [0, 0.1) is 11.8 Å². The van der Waals surface area contributed by atoms with Crippen molar-refractivity contribution >= 4 is 28.6 Å². The number of benzene rings is 1. The van der Waals surface area contributed by atoms with Gasteiger partial charge < -0.3 is 15.3 Å². The van der Waals surface area contributed by atoms with Crippen LogP contribution in [0.3, 0.4) is 0 Å². The molecule has 124 valence electrons.